The van der Waals surface area contributed by atoms with Crippen LogP contribution in [-0.2, 0) is 9.59 Å². The van der Waals surface area contributed by atoms with Gasteiger partial charge >= 0.3 is 5.97 Å². The van der Waals surface area contributed by atoms with E-state index < -0.39 is 29.5 Å². The number of amides is 2. The molecule has 1 saturated heterocycles. The first-order valence-electron chi connectivity index (χ1n) is 7.42. The van der Waals surface area contributed by atoms with Gasteiger partial charge in [-0.05, 0) is 59.8 Å². The summed E-state index contributed by atoms with van der Waals surface area (Å²) in [5.74, 6) is -1.65. The Morgan fingerprint density at radius 2 is 1.77 bits per heavy atom. The zero-order valence-electron chi connectivity index (χ0n) is 13.2. The number of carbonyl (C=O) groups excluding carboxylic acids is 2. The van der Waals surface area contributed by atoms with Crippen molar-refractivity contribution >= 4 is 40.6 Å². The summed E-state index contributed by atoms with van der Waals surface area (Å²) in [6, 6.07) is 11.5. The molecule has 1 N–H and O–H groups in total. The molecule has 26 heavy (non-hydrogen) atoms. The highest BCUT2D eigenvalue weighted by atomic mass is 32.2. The predicted molar refractivity (Wildman–Crippen MR) is 94.4 cm³/mol. The zero-order valence-corrected chi connectivity index (χ0v) is 14.0. The van der Waals surface area contributed by atoms with Gasteiger partial charge in [-0.15, -0.1) is 0 Å². The topological polar surface area (TPSA) is 83.9 Å². The molecule has 0 unspecified atom stereocenters. The summed E-state index contributed by atoms with van der Waals surface area (Å²) in [5.41, 5.74) is 0.951. The summed E-state index contributed by atoms with van der Waals surface area (Å²) >= 11 is 0.790. The van der Waals surface area contributed by atoms with Gasteiger partial charge < -0.3 is 9.84 Å². The van der Waals surface area contributed by atoms with Gasteiger partial charge in [-0.2, -0.15) is 0 Å². The van der Waals surface area contributed by atoms with Gasteiger partial charge in [0.1, 0.15) is 11.6 Å². The van der Waals surface area contributed by atoms with E-state index in [2.05, 4.69) is 0 Å². The number of hydrogen-bond acceptors (Lipinski definition) is 5. The zero-order chi connectivity index (χ0) is 18.7. The van der Waals surface area contributed by atoms with Crippen LogP contribution in [0.5, 0.6) is 5.75 Å². The summed E-state index contributed by atoms with van der Waals surface area (Å²) < 4.78 is 18.0. The lowest BCUT2D eigenvalue weighted by Crippen LogP contribution is -2.27. The molecule has 6 nitrogen and oxygen atoms in total. The van der Waals surface area contributed by atoms with Crippen molar-refractivity contribution in [1.29, 1.82) is 0 Å². The number of imide groups is 1. The molecule has 3 rings (SSSR count). The average Bonchev–Trinajstić information content (AvgIpc) is 2.89. The minimum absolute atomic E-state index is 0.235. The van der Waals surface area contributed by atoms with Crippen molar-refractivity contribution in [2.45, 2.75) is 0 Å². The molecule has 0 radical (unpaired) electrons. The number of aliphatic carboxylic acids is 1. The summed E-state index contributed by atoms with van der Waals surface area (Å²) in [6.45, 7) is -0.449. The largest absolute Gasteiger partial charge is 0.482 e. The number of halogens is 1. The SMILES string of the molecule is O=C(O)COc1ccc(/C=C2/SC(=O)N(c3ccc(F)cc3)C2=O)cc1. The monoisotopic (exact) mass is 373 g/mol. The Hall–Kier alpha value is -3.13. The minimum atomic E-state index is -1.08. The number of thioether (sulfide) groups is 1. The van der Waals surface area contributed by atoms with Gasteiger partial charge in [0.05, 0.1) is 10.6 Å². The molecular weight excluding hydrogens is 361 g/mol. The third-order valence-corrected chi connectivity index (χ3v) is 4.29. The molecule has 0 aromatic heterocycles. The number of benzene rings is 2. The van der Waals surface area contributed by atoms with Crippen molar-refractivity contribution in [3.63, 3.8) is 0 Å². The number of anilines is 1. The number of carboxylic acids is 1. The van der Waals surface area contributed by atoms with Gasteiger partial charge in [0, 0.05) is 0 Å². The number of carboxylic acid groups (broad SMARTS) is 1. The van der Waals surface area contributed by atoms with E-state index in [0.29, 0.717) is 17.0 Å². The number of rotatable bonds is 5. The normalized spacial score (nSPS) is 15.6. The maximum absolute atomic E-state index is 13.0. The molecule has 2 aromatic rings. The van der Waals surface area contributed by atoms with Crippen LogP contribution < -0.4 is 9.64 Å². The highest BCUT2D eigenvalue weighted by Gasteiger charge is 2.36. The minimum Gasteiger partial charge on any atom is -0.482 e. The molecule has 0 spiro atoms. The highest BCUT2D eigenvalue weighted by Crippen LogP contribution is 2.35. The fraction of sp³-hybridized carbons (Fsp3) is 0.0556. The van der Waals surface area contributed by atoms with Gasteiger partial charge in [0.15, 0.2) is 6.61 Å². The van der Waals surface area contributed by atoms with E-state index >= 15 is 0 Å². The molecule has 2 amide bonds. The fourth-order valence-corrected chi connectivity index (χ4v) is 3.08. The second-order valence-corrected chi connectivity index (χ2v) is 6.24. The van der Waals surface area contributed by atoms with Crippen LogP contribution in [0.3, 0.4) is 0 Å². The van der Waals surface area contributed by atoms with Crippen LogP contribution in [0.1, 0.15) is 5.56 Å². The Balaban J connectivity index is 1.77. The number of nitrogens with zero attached hydrogens (tertiary/aromatic N) is 1. The quantitative estimate of drug-likeness (QED) is 0.807. The first-order valence-corrected chi connectivity index (χ1v) is 8.24. The van der Waals surface area contributed by atoms with Crippen LogP contribution in [0.25, 0.3) is 6.08 Å². The van der Waals surface area contributed by atoms with Crippen molar-refractivity contribution in [2.24, 2.45) is 0 Å². The lowest BCUT2D eigenvalue weighted by atomic mass is 10.2. The van der Waals surface area contributed by atoms with Gasteiger partial charge in [0.2, 0.25) is 0 Å². The lowest BCUT2D eigenvalue weighted by molar-refractivity contribution is -0.139. The number of ether oxygens (including phenoxy) is 1. The van der Waals surface area contributed by atoms with E-state index in [4.69, 9.17) is 9.84 Å². The molecule has 2 aromatic carbocycles. The van der Waals surface area contributed by atoms with Crippen molar-refractivity contribution in [1.82, 2.24) is 0 Å². The molecule has 1 aliphatic rings. The van der Waals surface area contributed by atoms with Crippen molar-refractivity contribution in [3.8, 4) is 5.75 Å². The smallest absolute Gasteiger partial charge is 0.341 e. The molecule has 1 heterocycles. The van der Waals surface area contributed by atoms with Crippen LogP contribution in [-0.4, -0.2) is 28.8 Å². The second-order valence-electron chi connectivity index (χ2n) is 5.24. The molecule has 1 fully saturated rings. The molecule has 0 atom stereocenters. The van der Waals surface area contributed by atoms with E-state index in [1.165, 1.54) is 24.3 Å². The van der Waals surface area contributed by atoms with Crippen molar-refractivity contribution < 1.29 is 28.6 Å². The first-order chi connectivity index (χ1) is 12.4. The Kier molecular flexibility index (Phi) is 5.04. The predicted octanol–water partition coefficient (Wildman–Crippen LogP) is 3.53. The van der Waals surface area contributed by atoms with E-state index in [9.17, 15) is 18.8 Å². The van der Waals surface area contributed by atoms with E-state index in [1.54, 1.807) is 30.3 Å². The fourth-order valence-electron chi connectivity index (χ4n) is 2.24. The Morgan fingerprint density at radius 1 is 1.12 bits per heavy atom. The van der Waals surface area contributed by atoms with Crippen molar-refractivity contribution in [3.05, 3.63) is 64.8 Å². The van der Waals surface area contributed by atoms with Crippen LogP contribution >= 0.6 is 11.8 Å². The summed E-state index contributed by atoms with van der Waals surface area (Å²) in [4.78, 5) is 36.3. The maximum Gasteiger partial charge on any atom is 0.341 e. The Morgan fingerprint density at radius 3 is 2.38 bits per heavy atom. The highest BCUT2D eigenvalue weighted by molar-refractivity contribution is 8.19. The molecule has 0 bridgehead atoms. The number of carbonyl (C=O) groups is 3. The van der Waals surface area contributed by atoms with Crippen LogP contribution in [0.2, 0.25) is 0 Å². The lowest BCUT2D eigenvalue weighted by Gasteiger charge is -2.11. The Bertz CT molecular complexity index is 893. The third kappa shape index (κ3) is 3.92. The standard InChI is InChI=1S/C18H12FNO5S/c19-12-3-5-13(6-4-12)20-17(23)15(26-18(20)24)9-11-1-7-14(8-2-11)25-10-16(21)22/h1-9H,10H2,(H,21,22)/b15-9+. The van der Waals surface area contributed by atoms with Crippen LogP contribution in [0, 0.1) is 5.82 Å². The van der Waals surface area contributed by atoms with E-state index in [1.807, 2.05) is 0 Å². The van der Waals surface area contributed by atoms with E-state index in [-0.39, 0.29) is 4.91 Å². The van der Waals surface area contributed by atoms with Crippen LogP contribution in [0.4, 0.5) is 14.9 Å². The average molecular weight is 373 g/mol. The number of hydrogen-bond donors (Lipinski definition) is 1. The summed E-state index contributed by atoms with van der Waals surface area (Å²) in [7, 11) is 0. The molecule has 132 valence electrons. The van der Waals surface area contributed by atoms with E-state index in [0.717, 1.165) is 16.7 Å². The summed E-state index contributed by atoms with van der Waals surface area (Å²) in [6.07, 6.45) is 1.55. The molecule has 1 aliphatic heterocycles. The van der Waals surface area contributed by atoms with Gasteiger partial charge in [-0.3, -0.25) is 9.59 Å². The molecule has 8 heteroatoms. The summed E-state index contributed by atoms with van der Waals surface area (Å²) in [5, 5.41) is 8.11. The maximum atomic E-state index is 13.0. The third-order valence-electron chi connectivity index (χ3n) is 3.42. The van der Waals surface area contributed by atoms with Crippen molar-refractivity contribution in [2.75, 3.05) is 11.5 Å². The first kappa shape index (κ1) is 17.7. The van der Waals surface area contributed by atoms with Gasteiger partial charge in [-0.25, -0.2) is 14.1 Å². The molecule has 0 saturated carbocycles. The molecular formula is C18H12FNO5S. The van der Waals surface area contributed by atoms with Gasteiger partial charge in [0.25, 0.3) is 11.1 Å². The molecule has 0 aliphatic carbocycles. The Labute approximate surface area is 151 Å². The van der Waals surface area contributed by atoms with Crippen LogP contribution in [0.15, 0.2) is 53.4 Å². The second kappa shape index (κ2) is 7.40. The van der Waals surface area contributed by atoms with Gasteiger partial charge in [-0.1, -0.05) is 12.1 Å².